The molecule has 8 nitrogen and oxygen atoms in total. The second kappa shape index (κ2) is 10.7. The average molecular weight is 556 g/mol. The molecule has 0 saturated carbocycles. The molecule has 0 unspecified atom stereocenters. The molecule has 1 aromatic heterocycles. The topological polar surface area (TPSA) is 83.4 Å². The predicted octanol–water partition coefficient (Wildman–Crippen LogP) is 5.29. The molecule has 0 saturated heterocycles. The molecule has 2 aliphatic rings. The highest BCUT2D eigenvalue weighted by Gasteiger charge is 2.58. The lowest BCUT2D eigenvalue weighted by Crippen LogP contribution is -2.47. The fourth-order valence-corrected chi connectivity index (χ4v) is 5.86. The Balaban J connectivity index is 1.49. The number of amides is 2. The Morgan fingerprint density at radius 3 is 2.47 bits per heavy atom. The van der Waals surface area contributed by atoms with Crippen LogP contribution >= 0.6 is 23.2 Å². The summed E-state index contributed by atoms with van der Waals surface area (Å²) in [6.07, 6.45) is 4.07. The van der Waals surface area contributed by atoms with E-state index in [-0.39, 0.29) is 24.3 Å². The molecular formula is C28H32Cl2N6O2. The van der Waals surface area contributed by atoms with Crippen molar-refractivity contribution in [1.82, 2.24) is 19.9 Å². The molecule has 2 amide bonds. The van der Waals surface area contributed by atoms with E-state index in [1.54, 1.807) is 16.8 Å². The van der Waals surface area contributed by atoms with Crippen molar-refractivity contribution in [3.05, 3.63) is 69.3 Å². The van der Waals surface area contributed by atoms with Gasteiger partial charge in [0.15, 0.2) is 5.82 Å². The zero-order valence-electron chi connectivity index (χ0n) is 21.9. The lowest BCUT2D eigenvalue weighted by molar-refractivity contribution is -0.126. The maximum Gasteiger partial charge on any atom is 0.244 e. The van der Waals surface area contributed by atoms with Gasteiger partial charge in [0.2, 0.25) is 11.8 Å². The number of rotatable bonds is 9. The number of unbranched alkanes of at least 4 members (excludes halogenated alkanes) is 3. The molecule has 38 heavy (non-hydrogen) atoms. The molecule has 0 aliphatic carbocycles. The van der Waals surface area contributed by atoms with E-state index in [9.17, 15) is 9.59 Å². The third kappa shape index (κ3) is 4.70. The molecule has 2 aromatic carbocycles. The maximum atomic E-state index is 14.3. The van der Waals surface area contributed by atoms with Gasteiger partial charge in [-0.1, -0.05) is 53.4 Å². The molecule has 2 aliphatic heterocycles. The SMILES string of the molecule is C[C@@H](c1ccc(Cl)cc1)n1nnc2c1NC(=O)C[C@]21C(=O)N(CCCCCCN(C)C)c2ccc(Cl)cc21. The molecule has 1 spiro atoms. The molecule has 0 bridgehead atoms. The molecule has 1 N–H and O–H groups in total. The summed E-state index contributed by atoms with van der Waals surface area (Å²) in [5.74, 6) is 0.0352. The van der Waals surface area contributed by atoms with Crippen LogP contribution in [0.5, 0.6) is 0 Å². The van der Waals surface area contributed by atoms with Gasteiger partial charge in [0, 0.05) is 22.3 Å². The monoisotopic (exact) mass is 554 g/mol. The van der Waals surface area contributed by atoms with Crippen molar-refractivity contribution in [2.75, 3.05) is 37.4 Å². The van der Waals surface area contributed by atoms with Crippen LogP contribution in [0.4, 0.5) is 11.5 Å². The minimum atomic E-state index is -1.26. The van der Waals surface area contributed by atoms with E-state index in [1.807, 2.05) is 42.2 Å². The summed E-state index contributed by atoms with van der Waals surface area (Å²) in [4.78, 5) is 31.4. The predicted molar refractivity (Wildman–Crippen MR) is 150 cm³/mol. The Morgan fingerprint density at radius 1 is 1.03 bits per heavy atom. The van der Waals surface area contributed by atoms with Crippen molar-refractivity contribution in [1.29, 1.82) is 0 Å². The normalized spacial score (nSPS) is 19.2. The number of halogens is 2. The lowest BCUT2D eigenvalue weighted by Gasteiger charge is -2.31. The fourth-order valence-electron chi connectivity index (χ4n) is 5.57. The number of hydrogen-bond donors (Lipinski definition) is 1. The zero-order valence-corrected chi connectivity index (χ0v) is 23.4. The first kappa shape index (κ1) is 26.7. The van der Waals surface area contributed by atoms with Gasteiger partial charge in [-0.3, -0.25) is 9.59 Å². The van der Waals surface area contributed by atoms with Gasteiger partial charge >= 0.3 is 0 Å². The summed E-state index contributed by atoms with van der Waals surface area (Å²) in [6.45, 7) is 3.59. The van der Waals surface area contributed by atoms with Gasteiger partial charge in [-0.2, -0.15) is 0 Å². The number of carbonyl (C=O) groups excluding carboxylic acids is 2. The lowest BCUT2D eigenvalue weighted by atomic mass is 9.73. The highest BCUT2D eigenvalue weighted by atomic mass is 35.5. The minimum Gasteiger partial charge on any atom is -0.311 e. The van der Waals surface area contributed by atoms with Crippen LogP contribution in [0, 0.1) is 0 Å². The molecule has 0 radical (unpaired) electrons. The van der Waals surface area contributed by atoms with E-state index >= 15 is 0 Å². The van der Waals surface area contributed by atoms with Crippen LogP contribution < -0.4 is 10.2 Å². The standard InChI is InChI=1S/C28H32Cl2N6O2/c1-18(19-8-10-20(29)11-9-19)36-26-25(32-33-36)28(17-24(37)31-26)22-16-21(30)12-13-23(22)35(27(28)38)15-7-5-4-6-14-34(2)3/h8-13,16,18H,4-7,14-15,17H2,1-3H3,(H,31,37)/t18-,28+/m0/s1. The molecule has 3 aromatic rings. The first-order valence-electron chi connectivity index (χ1n) is 13.0. The first-order valence-corrected chi connectivity index (χ1v) is 13.8. The van der Waals surface area contributed by atoms with Crippen LogP contribution in [-0.4, -0.2) is 58.9 Å². The second-order valence-corrected chi connectivity index (χ2v) is 11.3. The number of nitrogens with one attached hydrogen (secondary N) is 1. The highest BCUT2D eigenvalue weighted by Crippen LogP contribution is 2.52. The van der Waals surface area contributed by atoms with Gasteiger partial charge in [0.25, 0.3) is 0 Å². The number of anilines is 2. The van der Waals surface area contributed by atoms with Crippen molar-refractivity contribution in [3.8, 4) is 0 Å². The Labute approximate surface area is 232 Å². The third-order valence-electron chi connectivity index (χ3n) is 7.56. The summed E-state index contributed by atoms with van der Waals surface area (Å²) >= 11 is 12.5. The van der Waals surface area contributed by atoms with Crippen LogP contribution in [0.1, 0.15) is 61.9 Å². The maximum absolute atomic E-state index is 14.3. The number of carbonyl (C=O) groups is 2. The van der Waals surface area contributed by atoms with Gasteiger partial charge in [0.05, 0.1) is 12.5 Å². The average Bonchev–Trinajstić information content (AvgIpc) is 3.39. The number of fused-ring (bicyclic) bond motifs is 4. The van der Waals surface area contributed by atoms with Crippen LogP contribution in [0.25, 0.3) is 0 Å². The molecule has 3 heterocycles. The molecule has 10 heteroatoms. The smallest absolute Gasteiger partial charge is 0.244 e. The number of hydrogen-bond acceptors (Lipinski definition) is 5. The second-order valence-electron chi connectivity index (χ2n) is 10.4. The fraction of sp³-hybridized carbons (Fsp3) is 0.429. The number of nitrogens with zero attached hydrogens (tertiary/aromatic N) is 5. The van der Waals surface area contributed by atoms with Gasteiger partial charge in [0.1, 0.15) is 11.1 Å². The van der Waals surface area contributed by atoms with Crippen LogP contribution in [0.3, 0.4) is 0 Å². The van der Waals surface area contributed by atoms with Crippen LogP contribution in [0.15, 0.2) is 42.5 Å². The Kier molecular flexibility index (Phi) is 7.49. The molecule has 2 atom stereocenters. The van der Waals surface area contributed by atoms with Gasteiger partial charge < -0.3 is 15.1 Å². The third-order valence-corrected chi connectivity index (χ3v) is 8.05. The van der Waals surface area contributed by atoms with Gasteiger partial charge in [-0.25, -0.2) is 4.68 Å². The van der Waals surface area contributed by atoms with E-state index in [4.69, 9.17) is 23.2 Å². The Hall–Kier alpha value is -2.94. The van der Waals surface area contributed by atoms with E-state index < -0.39 is 5.41 Å². The zero-order chi connectivity index (χ0) is 27.0. The summed E-state index contributed by atoms with van der Waals surface area (Å²) in [7, 11) is 4.15. The number of benzene rings is 2. The molecule has 0 fully saturated rings. The van der Waals surface area contributed by atoms with Gasteiger partial charge in [-0.15, -0.1) is 5.10 Å². The van der Waals surface area contributed by atoms with Crippen molar-refractivity contribution < 1.29 is 9.59 Å². The van der Waals surface area contributed by atoms with Crippen molar-refractivity contribution in [2.24, 2.45) is 0 Å². The van der Waals surface area contributed by atoms with Crippen molar-refractivity contribution in [3.63, 3.8) is 0 Å². The van der Waals surface area contributed by atoms with Crippen molar-refractivity contribution >= 4 is 46.5 Å². The van der Waals surface area contributed by atoms with E-state index in [0.29, 0.717) is 33.7 Å². The molecular weight excluding hydrogens is 523 g/mol. The van der Waals surface area contributed by atoms with E-state index in [2.05, 4.69) is 34.6 Å². The summed E-state index contributed by atoms with van der Waals surface area (Å²) < 4.78 is 1.67. The highest BCUT2D eigenvalue weighted by molar-refractivity contribution is 6.31. The van der Waals surface area contributed by atoms with Gasteiger partial charge in [-0.05, 0) is 81.9 Å². The van der Waals surface area contributed by atoms with Crippen molar-refractivity contribution in [2.45, 2.75) is 50.5 Å². The first-order chi connectivity index (χ1) is 18.2. The summed E-state index contributed by atoms with van der Waals surface area (Å²) in [5, 5.41) is 13.0. The largest absolute Gasteiger partial charge is 0.311 e. The summed E-state index contributed by atoms with van der Waals surface area (Å²) in [5.41, 5.74) is 1.65. The van der Waals surface area contributed by atoms with E-state index in [0.717, 1.165) is 43.5 Å². The number of aromatic nitrogens is 3. The van der Waals surface area contributed by atoms with E-state index in [1.165, 1.54) is 0 Å². The molecule has 5 rings (SSSR count). The quantitative estimate of drug-likeness (QED) is 0.363. The van der Waals surface area contributed by atoms with Crippen LogP contribution in [0.2, 0.25) is 10.0 Å². The summed E-state index contributed by atoms with van der Waals surface area (Å²) in [6, 6.07) is 12.7. The van der Waals surface area contributed by atoms with Crippen LogP contribution in [-0.2, 0) is 15.0 Å². The molecule has 200 valence electrons. The Bertz CT molecular complexity index is 1360. The Morgan fingerprint density at radius 2 is 1.74 bits per heavy atom. The minimum absolute atomic E-state index is 0.0421.